The maximum Gasteiger partial charge on any atom is 0.339 e. The van der Waals surface area contributed by atoms with E-state index in [0.717, 1.165) is 36.7 Å². The predicted octanol–water partition coefficient (Wildman–Crippen LogP) is 1.28. The summed E-state index contributed by atoms with van der Waals surface area (Å²) in [5, 5.41) is 3.41. The fraction of sp³-hybridized carbons (Fsp3) is 0.571. The van der Waals surface area contributed by atoms with E-state index in [1.807, 2.05) is 19.9 Å². The van der Waals surface area contributed by atoms with E-state index >= 15 is 0 Å². The van der Waals surface area contributed by atoms with Crippen molar-refractivity contribution in [2.75, 3.05) is 31.6 Å². The summed E-state index contributed by atoms with van der Waals surface area (Å²) >= 11 is 0. The summed E-state index contributed by atoms with van der Waals surface area (Å²) in [6, 6.07) is 2.42. The molecule has 1 atom stereocenters. The number of carbonyl (C=O) groups is 1. The maximum absolute atomic E-state index is 11.7. The van der Waals surface area contributed by atoms with Gasteiger partial charge in [-0.3, -0.25) is 0 Å². The van der Waals surface area contributed by atoms with Crippen LogP contribution >= 0.6 is 0 Å². The summed E-state index contributed by atoms with van der Waals surface area (Å²) in [6.45, 7) is 8.77. The SMILES string of the molecule is COC(=O)c1c(C)cc(N2CCN[C@H](C)C2)nc1C. The van der Waals surface area contributed by atoms with Crippen LogP contribution in [0.2, 0.25) is 0 Å². The zero-order valence-electron chi connectivity index (χ0n) is 12.0. The number of carbonyl (C=O) groups excluding carboxylic acids is 1. The van der Waals surface area contributed by atoms with Crippen molar-refractivity contribution < 1.29 is 9.53 Å². The molecule has 0 radical (unpaired) electrons. The topological polar surface area (TPSA) is 54.5 Å². The van der Waals surface area contributed by atoms with E-state index in [1.54, 1.807) is 0 Å². The summed E-state index contributed by atoms with van der Waals surface area (Å²) in [7, 11) is 1.40. The molecule has 0 saturated carbocycles. The predicted molar refractivity (Wildman–Crippen MR) is 74.7 cm³/mol. The lowest BCUT2D eigenvalue weighted by molar-refractivity contribution is 0.0598. The average Bonchev–Trinajstić information content (AvgIpc) is 2.37. The molecule has 2 heterocycles. The van der Waals surface area contributed by atoms with Crippen LogP contribution in [-0.4, -0.2) is 43.7 Å². The first-order valence-corrected chi connectivity index (χ1v) is 6.57. The molecule has 5 nitrogen and oxygen atoms in total. The number of aromatic nitrogens is 1. The molecule has 1 aliphatic rings. The van der Waals surface area contributed by atoms with Gasteiger partial charge in [-0.25, -0.2) is 9.78 Å². The van der Waals surface area contributed by atoms with Crippen LogP contribution < -0.4 is 10.2 Å². The number of pyridine rings is 1. The van der Waals surface area contributed by atoms with Crippen molar-refractivity contribution in [1.29, 1.82) is 0 Å². The Morgan fingerprint density at radius 3 is 2.84 bits per heavy atom. The number of nitrogens with one attached hydrogen (secondary N) is 1. The van der Waals surface area contributed by atoms with E-state index < -0.39 is 0 Å². The van der Waals surface area contributed by atoms with Crippen LogP contribution in [0.5, 0.6) is 0 Å². The summed E-state index contributed by atoms with van der Waals surface area (Å²) in [5.74, 6) is 0.624. The van der Waals surface area contributed by atoms with Crippen LogP contribution in [0.15, 0.2) is 6.07 Å². The van der Waals surface area contributed by atoms with Crippen LogP contribution in [0, 0.1) is 13.8 Å². The van der Waals surface area contributed by atoms with Crippen molar-refractivity contribution in [2.24, 2.45) is 0 Å². The molecule has 0 bridgehead atoms. The third kappa shape index (κ3) is 2.87. The van der Waals surface area contributed by atoms with E-state index in [1.165, 1.54) is 7.11 Å². The molecule has 1 N–H and O–H groups in total. The van der Waals surface area contributed by atoms with Crippen LogP contribution in [0.1, 0.15) is 28.5 Å². The lowest BCUT2D eigenvalue weighted by atomic mass is 10.1. The van der Waals surface area contributed by atoms with Gasteiger partial charge in [-0.2, -0.15) is 0 Å². The van der Waals surface area contributed by atoms with Gasteiger partial charge in [0.05, 0.1) is 18.4 Å². The summed E-state index contributed by atoms with van der Waals surface area (Å²) in [5.41, 5.74) is 2.23. The molecule has 0 spiro atoms. The summed E-state index contributed by atoms with van der Waals surface area (Å²) < 4.78 is 4.80. The minimum atomic E-state index is -0.317. The molecule has 19 heavy (non-hydrogen) atoms. The Kier molecular flexibility index (Phi) is 4.04. The Balaban J connectivity index is 2.31. The lowest BCUT2D eigenvalue weighted by Gasteiger charge is -2.33. The van der Waals surface area contributed by atoms with E-state index in [4.69, 9.17) is 4.74 Å². The number of methoxy groups -OCH3 is 1. The molecule has 1 aromatic rings. The highest BCUT2D eigenvalue weighted by atomic mass is 16.5. The average molecular weight is 263 g/mol. The highest BCUT2D eigenvalue weighted by Gasteiger charge is 2.20. The number of nitrogens with zero attached hydrogens (tertiary/aromatic N) is 2. The van der Waals surface area contributed by atoms with Crippen LogP contribution in [0.25, 0.3) is 0 Å². The van der Waals surface area contributed by atoms with Gasteiger partial charge in [0.15, 0.2) is 0 Å². The van der Waals surface area contributed by atoms with E-state index in [2.05, 4.69) is 22.1 Å². The molecule has 1 fully saturated rings. The van der Waals surface area contributed by atoms with Crippen LogP contribution in [-0.2, 0) is 4.74 Å². The Bertz CT molecular complexity index is 465. The molecule has 1 saturated heterocycles. The van der Waals surface area contributed by atoms with Gasteiger partial charge in [0.25, 0.3) is 0 Å². The number of anilines is 1. The fourth-order valence-electron chi connectivity index (χ4n) is 2.52. The number of piperazine rings is 1. The van der Waals surface area contributed by atoms with E-state index in [-0.39, 0.29) is 5.97 Å². The van der Waals surface area contributed by atoms with Gasteiger partial charge in [0, 0.05) is 25.7 Å². The van der Waals surface area contributed by atoms with Gasteiger partial charge in [-0.1, -0.05) is 0 Å². The standard InChI is InChI=1S/C14H21N3O2/c1-9-7-12(17-6-5-15-10(2)8-17)16-11(3)13(9)14(18)19-4/h7,10,15H,5-6,8H2,1-4H3/t10-/m1/s1. The number of rotatable bonds is 2. The second kappa shape index (κ2) is 5.57. The lowest BCUT2D eigenvalue weighted by Crippen LogP contribution is -2.49. The van der Waals surface area contributed by atoms with Crippen molar-refractivity contribution >= 4 is 11.8 Å². The molecule has 104 valence electrons. The normalized spacial score (nSPS) is 19.4. The quantitative estimate of drug-likeness (QED) is 0.815. The minimum absolute atomic E-state index is 0.317. The van der Waals surface area contributed by atoms with E-state index in [9.17, 15) is 4.79 Å². The Labute approximate surface area is 114 Å². The number of aryl methyl sites for hydroxylation is 2. The molecule has 0 unspecified atom stereocenters. The van der Waals surface area contributed by atoms with Crippen molar-refractivity contribution in [1.82, 2.24) is 10.3 Å². The molecular weight excluding hydrogens is 242 g/mol. The third-order valence-corrected chi connectivity index (χ3v) is 3.47. The van der Waals surface area contributed by atoms with Crippen molar-refractivity contribution in [2.45, 2.75) is 26.8 Å². The Morgan fingerprint density at radius 1 is 1.53 bits per heavy atom. The first-order valence-electron chi connectivity index (χ1n) is 6.57. The highest BCUT2D eigenvalue weighted by molar-refractivity contribution is 5.92. The van der Waals surface area contributed by atoms with Gasteiger partial charge in [0.1, 0.15) is 5.82 Å². The van der Waals surface area contributed by atoms with Gasteiger partial charge in [-0.15, -0.1) is 0 Å². The van der Waals surface area contributed by atoms with Crippen LogP contribution in [0.4, 0.5) is 5.82 Å². The Hall–Kier alpha value is -1.62. The highest BCUT2D eigenvalue weighted by Crippen LogP contribution is 2.21. The first kappa shape index (κ1) is 13.8. The molecule has 0 aromatic carbocycles. The molecule has 0 amide bonds. The molecular formula is C14H21N3O2. The van der Waals surface area contributed by atoms with Crippen molar-refractivity contribution in [3.05, 3.63) is 22.9 Å². The number of esters is 1. The fourth-order valence-corrected chi connectivity index (χ4v) is 2.52. The molecule has 5 heteroatoms. The summed E-state index contributed by atoms with van der Waals surface area (Å²) in [6.07, 6.45) is 0. The van der Waals surface area contributed by atoms with Gasteiger partial charge in [-0.05, 0) is 32.4 Å². The molecule has 1 aromatic heterocycles. The molecule has 2 rings (SSSR count). The minimum Gasteiger partial charge on any atom is -0.465 e. The second-order valence-electron chi connectivity index (χ2n) is 5.05. The molecule has 0 aliphatic carbocycles. The zero-order valence-corrected chi connectivity index (χ0v) is 12.0. The van der Waals surface area contributed by atoms with Gasteiger partial charge >= 0.3 is 5.97 Å². The van der Waals surface area contributed by atoms with E-state index in [0.29, 0.717) is 11.6 Å². The van der Waals surface area contributed by atoms with Gasteiger partial charge < -0.3 is 15.0 Å². The number of hydrogen-bond acceptors (Lipinski definition) is 5. The summed E-state index contributed by atoms with van der Waals surface area (Å²) in [4.78, 5) is 18.5. The number of ether oxygens (including phenoxy) is 1. The maximum atomic E-state index is 11.7. The molecule has 1 aliphatic heterocycles. The van der Waals surface area contributed by atoms with Crippen molar-refractivity contribution in [3.8, 4) is 0 Å². The van der Waals surface area contributed by atoms with Crippen LogP contribution in [0.3, 0.4) is 0 Å². The zero-order chi connectivity index (χ0) is 14.0. The Morgan fingerprint density at radius 2 is 2.26 bits per heavy atom. The third-order valence-electron chi connectivity index (χ3n) is 3.47. The second-order valence-corrected chi connectivity index (χ2v) is 5.05. The largest absolute Gasteiger partial charge is 0.465 e. The monoisotopic (exact) mass is 263 g/mol. The number of hydrogen-bond donors (Lipinski definition) is 1. The van der Waals surface area contributed by atoms with Gasteiger partial charge in [0.2, 0.25) is 0 Å². The first-order chi connectivity index (χ1) is 9.02. The van der Waals surface area contributed by atoms with Crippen molar-refractivity contribution in [3.63, 3.8) is 0 Å². The smallest absolute Gasteiger partial charge is 0.339 e.